The fraction of sp³-hybridized carbons (Fsp3) is 0.250. The first-order valence-electron chi connectivity index (χ1n) is 3.70. The summed E-state index contributed by atoms with van der Waals surface area (Å²) in [4.78, 5) is 14.2. The van der Waals surface area contributed by atoms with Gasteiger partial charge in [0.15, 0.2) is 0 Å². The molecule has 5 nitrogen and oxygen atoms in total. The zero-order valence-electron chi connectivity index (χ0n) is 6.79. The molecule has 1 heterocycles. The minimum absolute atomic E-state index is 0.261. The summed E-state index contributed by atoms with van der Waals surface area (Å²) < 4.78 is 0. The van der Waals surface area contributed by atoms with E-state index in [9.17, 15) is 9.90 Å². The SMILES string of the molecule is N[C@H](C(=O)O)[C@H](O)c1ccccn1. The zero-order chi connectivity index (χ0) is 9.84. The van der Waals surface area contributed by atoms with Gasteiger partial charge in [-0.1, -0.05) is 6.07 Å². The molecule has 0 saturated carbocycles. The molecule has 0 aromatic carbocycles. The van der Waals surface area contributed by atoms with Crippen LogP contribution in [0.1, 0.15) is 11.8 Å². The van der Waals surface area contributed by atoms with Crippen molar-refractivity contribution in [3.8, 4) is 0 Å². The van der Waals surface area contributed by atoms with E-state index < -0.39 is 18.1 Å². The van der Waals surface area contributed by atoms with Crippen molar-refractivity contribution in [2.45, 2.75) is 12.1 Å². The average Bonchev–Trinajstić information content (AvgIpc) is 2.17. The molecule has 0 unspecified atom stereocenters. The van der Waals surface area contributed by atoms with Gasteiger partial charge in [0.1, 0.15) is 12.1 Å². The molecule has 0 bridgehead atoms. The number of aliphatic hydroxyl groups excluding tert-OH is 1. The maximum absolute atomic E-state index is 10.4. The van der Waals surface area contributed by atoms with E-state index in [1.165, 1.54) is 12.3 Å². The van der Waals surface area contributed by atoms with Gasteiger partial charge in [-0.2, -0.15) is 0 Å². The number of aliphatic carboxylic acids is 1. The van der Waals surface area contributed by atoms with Gasteiger partial charge in [0.05, 0.1) is 5.69 Å². The number of aromatic nitrogens is 1. The van der Waals surface area contributed by atoms with Crippen LogP contribution in [0.3, 0.4) is 0 Å². The van der Waals surface area contributed by atoms with Gasteiger partial charge in [0.2, 0.25) is 0 Å². The number of carbonyl (C=O) groups is 1. The fourth-order valence-corrected chi connectivity index (χ4v) is 0.870. The number of carboxylic acid groups (broad SMARTS) is 1. The van der Waals surface area contributed by atoms with E-state index in [4.69, 9.17) is 10.8 Å². The lowest BCUT2D eigenvalue weighted by molar-refractivity contribution is -0.141. The minimum atomic E-state index is -1.34. The van der Waals surface area contributed by atoms with Gasteiger partial charge in [-0.05, 0) is 12.1 Å². The molecule has 1 aromatic rings. The maximum atomic E-state index is 10.4. The molecule has 2 atom stereocenters. The summed E-state index contributed by atoms with van der Waals surface area (Å²) in [6.07, 6.45) is 0.200. The zero-order valence-corrected chi connectivity index (χ0v) is 6.79. The standard InChI is InChI=1S/C8H10N2O3/c9-6(8(12)13)7(11)5-3-1-2-4-10-5/h1-4,6-7,11H,9H2,(H,12,13)/t6-,7+/m0/s1. The lowest BCUT2D eigenvalue weighted by Gasteiger charge is -2.13. The van der Waals surface area contributed by atoms with Crippen LogP contribution in [0, 0.1) is 0 Å². The third kappa shape index (κ3) is 2.24. The van der Waals surface area contributed by atoms with Gasteiger partial charge < -0.3 is 15.9 Å². The first-order valence-corrected chi connectivity index (χ1v) is 3.70. The molecule has 0 radical (unpaired) electrons. The average molecular weight is 182 g/mol. The summed E-state index contributed by atoms with van der Waals surface area (Å²) in [6, 6.07) is 3.51. The van der Waals surface area contributed by atoms with Crippen LogP contribution in [-0.4, -0.2) is 27.2 Å². The van der Waals surface area contributed by atoms with Crippen LogP contribution in [0.2, 0.25) is 0 Å². The second kappa shape index (κ2) is 3.97. The second-order valence-corrected chi connectivity index (χ2v) is 2.56. The summed E-state index contributed by atoms with van der Waals surface area (Å²) in [5.41, 5.74) is 5.46. The van der Waals surface area contributed by atoms with Gasteiger partial charge >= 0.3 is 5.97 Å². The van der Waals surface area contributed by atoms with Crippen molar-refractivity contribution in [2.24, 2.45) is 5.73 Å². The van der Waals surface area contributed by atoms with E-state index in [0.717, 1.165) is 0 Å². The smallest absolute Gasteiger partial charge is 0.323 e. The Kier molecular flexibility index (Phi) is 2.94. The molecule has 70 valence electrons. The van der Waals surface area contributed by atoms with Crippen molar-refractivity contribution < 1.29 is 15.0 Å². The number of hydrogen-bond donors (Lipinski definition) is 3. The van der Waals surface area contributed by atoms with Gasteiger partial charge in [0.25, 0.3) is 0 Å². The highest BCUT2D eigenvalue weighted by atomic mass is 16.4. The molecule has 1 rings (SSSR count). The highest BCUT2D eigenvalue weighted by molar-refractivity contribution is 5.74. The maximum Gasteiger partial charge on any atom is 0.323 e. The quantitative estimate of drug-likeness (QED) is 0.587. The van der Waals surface area contributed by atoms with Crippen molar-refractivity contribution in [1.29, 1.82) is 0 Å². The Morgan fingerprint density at radius 2 is 2.23 bits per heavy atom. The van der Waals surface area contributed by atoms with Crippen molar-refractivity contribution >= 4 is 5.97 Å². The summed E-state index contributed by atoms with van der Waals surface area (Å²) in [5, 5.41) is 17.9. The molecule has 1 aromatic heterocycles. The third-order valence-electron chi connectivity index (χ3n) is 1.62. The number of rotatable bonds is 3. The molecule has 0 saturated heterocycles. The molecule has 0 spiro atoms. The van der Waals surface area contributed by atoms with Crippen molar-refractivity contribution in [3.63, 3.8) is 0 Å². The number of nitrogens with two attached hydrogens (primary N) is 1. The summed E-state index contributed by atoms with van der Waals surface area (Å²) in [7, 11) is 0. The first-order chi connectivity index (χ1) is 6.13. The number of carboxylic acids is 1. The minimum Gasteiger partial charge on any atom is -0.480 e. The molecule has 5 heteroatoms. The molecule has 0 aliphatic rings. The Labute approximate surface area is 74.8 Å². The number of nitrogens with zero attached hydrogens (tertiary/aromatic N) is 1. The normalized spacial score (nSPS) is 14.9. The first kappa shape index (κ1) is 9.63. The number of pyridine rings is 1. The Morgan fingerprint density at radius 3 is 2.69 bits per heavy atom. The number of hydrogen-bond acceptors (Lipinski definition) is 4. The monoisotopic (exact) mass is 182 g/mol. The van der Waals surface area contributed by atoms with Gasteiger partial charge in [-0.3, -0.25) is 9.78 Å². The second-order valence-electron chi connectivity index (χ2n) is 2.56. The Balaban J connectivity index is 2.79. The molecule has 0 aliphatic carbocycles. The molecule has 13 heavy (non-hydrogen) atoms. The van der Waals surface area contributed by atoms with Crippen molar-refractivity contribution in [3.05, 3.63) is 30.1 Å². The van der Waals surface area contributed by atoms with Crippen LogP contribution in [-0.2, 0) is 4.79 Å². The molecular weight excluding hydrogens is 172 g/mol. The summed E-state index contributed by atoms with van der Waals surface area (Å²) in [6.45, 7) is 0. The van der Waals surface area contributed by atoms with Crippen molar-refractivity contribution in [1.82, 2.24) is 4.98 Å². The van der Waals surface area contributed by atoms with E-state index in [1.54, 1.807) is 12.1 Å². The lowest BCUT2D eigenvalue weighted by atomic mass is 10.1. The Bertz CT molecular complexity index is 289. The lowest BCUT2D eigenvalue weighted by Crippen LogP contribution is -2.36. The van der Waals surface area contributed by atoms with E-state index in [-0.39, 0.29) is 5.69 Å². The fourth-order valence-electron chi connectivity index (χ4n) is 0.870. The predicted octanol–water partition coefficient (Wildman–Crippen LogP) is -0.473. The van der Waals surface area contributed by atoms with E-state index in [1.807, 2.05) is 0 Å². The van der Waals surface area contributed by atoms with E-state index in [0.29, 0.717) is 0 Å². The van der Waals surface area contributed by atoms with Crippen LogP contribution < -0.4 is 5.73 Å². The topological polar surface area (TPSA) is 96.4 Å². The molecule has 0 aliphatic heterocycles. The van der Waals surface area contributed by atoms with Gasteiger partial charge in [-0.25, -0.2) is 0 Å². The molecule has 0 fully saturated rings. The number of aliphatic hydroxyl groups is 1. The highest BCUT2D eigenvalue weighted by Gasteiger charge is 2.23. The van der Waals surface area contributed by atoms with E-state index >= 15 is 0 Å². The van der Waals surface area contributed by atoms with Crippen LogP contribution in [0.4, 0.5) is 0 Å². The van der Waals surface area contributed by atoms with E-state index in [2.05, 4.69) is 4.98 Å². The van der Waals surface area contributed by atoms with Crippen LogP contribution in [0.25, 0.3) is 0 Å². The molecule has 4 N–H and O–H groups in total. The Hall–Kier alpha value is -1.46. The van der Waals surface area contributed by atoms with Crippen LogP contribution in [0.5, 0.6) is 0 Å². The highest BCUT2D eigenvalue weighted by Crippen LogP contribution is 2.11. The summed E-state index contributed by atoms with van der Waals surface area (Å²) >= 11 is 0. The molecular formula is C8H10N2O3. The van der Waals surface area contributed by atoms with Crippen LogP contribution >= 0.6 is 0 Å². The van der Waals surface area contributed by atoms with Crippen molar-refractivity contribution in [2.75, 3.05) is 0 Å². The van der Waals surface area contributed by atoms with Crippen LogP contribution in [0.15, 0.2) is 24.4 Å². The predicted molar refractivity (Wildman–Crippen MR) is 44.8 cm³/mol. The largest absolute Gasteiger partial charge is 0.480 e. The third-order valence-corrected chi connectivity index (χ3v) is 1.62. The van der Waals surface area contributed by atoms with Gasteiger partial charge in [0, 0.05) is 6.20 Å². The van der Waals surface area contributed by atoms with Gasteiger partial charge in [-0.15, -0.1) is 0 Å². The molecule has 0 amide bonds. The Morgan fingerprint density at radius 1 is 1.54 bits per heavy atom. The summed E-state index contributed by atoms with van der Waals surface area (Å²) in [5.74, 6) is -1.25.